The summed E-state index contributed by atoms with van der Waals surface area (Å²) in [6, 6.07) is 7.87. The summed E-state index contributed by atoms with van der Waals surface area (Å²) in [6.07, 6.45) is 6.71. The molecule has 20 heavy (non-hydrogen) atoms. The molecule has 0 saturated heterocycles. The number of likely N-dealkylation sites (N-methyl/N-ethyl adjacent to an activating group) is 1. The third-order valence-electron chi connectivity index (χ3n) is 3.89. The van der Waals surface area contributed by atoms with Crippen molar-refractivity contribution in [2.24, 2.45) is 4.99 Å². The molecule has 0 saturated carbocycles. The van der Waals surface area contributed by atoms with Crippen LogP contribution in [0.25, 0.3) is 0 Å². The number of halogens is 1. The number of allylic oxidation sites excluding steroid dienone is 2. The van der Waals surface area contributed by atoms with Crippen LogP contribution in [0.15, 0.2) is 40.9 Å². The molecule has 2 aliphatic rings. The second kappa shape index (κ2) is 5.41. The number of hydrogen-bond acceptors (Lipinski definition) is 2. The Bertz CT molecular complexity index is 606. The molecular weight excluding hydrogens is 272 g/mol. The topological polar surface area (TPSA) is 32.7 Å². The monoisotopic (exact) mass is 288 g/mol. The maximum absolute atomic E-state index is 12.2. The molecule has 1 heterocycles. The highest BCUT2D eigenvalue weighted by molar-refractivity contribution is 6.35. The van der Waals surface area contributed by atoms with Gasteiger partial charge in [0, 0.05) is 12.6 Å². The molecule has 1 amide bonds. The van der Waals surface area contributed by atoms with E-state index in [4.69, 9.17) is 11.6 Å². The predicted octanol–water partition coefficient (Wildman–Crippen LogP) is 3.52. The fourth-order valence-electron chi connectivity index (χ4n) is 2.79. The number of benzodiazepines with no additional fused rings is 1. The van der Waals surface area contributed by atoms with E-state index in [1.54, 1.807) is 11.9 Å². The number of aliphatic imine (C=N–C) groups is 1. The third-order valence-corrected chi connectivity index (χ3v) is 4.18. The number of benzene rings is 1. The highest BCUT2D eigenvalue weighted by Crippen LogP contribution is 2.31. The summed E-state index contributed by atoms with van der Waals surface area (Å²) in [4.78, 5) is 18.3. The standard InChI is InChI=1S/C16H17ClN2O/c1-19-13-10-6-5-9-12(13)14(18-15(17)16(19)20)11-7-3-2-4-8-11/h5-7,9-10,15H,2-4,8H2,1H3. The number of alkyl halides is 1. The number of fused-ring (bicyclic) bond motifs is 1. The van der Waals surface area contributed by atoms with E-state index in [2.05, 4.69) is 11.1 Å². The molecule has 3 nitrogen and oxygen atoms in total. The molecule has 1 aliphatic carbocycles. The summed E-state index contributed by atoms with van der Waals surface area (Å²) in [5, 5.41) is 0. The molecule has 3 rings (SSSR count). The Hall–Kier alpha value is -1.61. The summed E-state index contributed by atoms with van der Waals surface area (Å²) in [7, 11) is 1.75. The van der Waals surface area contributed by atoms with Crippen LogP contribution in [0, 0.1) is 0 Å². The van der Waals surface area contributed by atoms with Gasteiger partial charge in [0.2, 0.25) is 5.50 Å². The first-order valence-electron chi connectivity index (χ1n) is 6.97. The first-order valence-corrected chi connectivity index (χ1v) is 7.40. The lowest BCUT2D eigenvalue weighted by Crippen LogP contribution is -2.31. The van der Waals surface area contributed by atoms with Gasteiger partial charge in [0.25, 0.3) is 5.91 Å². The molecule has 0 N–H and O–H groups in total. The molecule has 0 bridgehead atoms. The fraction of sp³-hybridized carbons (Fsp3) is 0.375. The average molecular weight is 289 g/mol. The maximum atomic E-state index is 12.2. The lowest BCUT2D eigenvalue weighted by atomic mass is 9.91. The third kappa shape index (κ3) is 2.27. The lowest BCUT2D eigenvalue weighted by molar-refractivity contribution is -0.117. The van der Waals surface area contributed by atoms with Crippen molar-refractivity contribution in [3.63, 3.8) is 0 Å². The van der Waals surface area contributed by atoms with Crippen LogP contribution in [0.2, 0.25) is 0 Å². The highest BCUT2D eigenvalue weighted by Gasteiger charge is 2.29. The molecule has 0 radical (unpaired) electrons. The Balaban J connectivity index is 2.16. The first kappa shape index (κ1) is 13.4. The van der Waals surface area contributed by atoms with Gasteiger partial charge in [-0.25, -0.2) is 0 Å². The number of carbonyl (C=O) groups excluding carboxylic acids is 1. The van der Waals surface area contributed by atoms with Gasteiger partial charge in [0.05, 0.1) is 11.4 Å². The quantitative estimate of drug-likeness (QED) is 0.575. The SMILES string of the molecule is CN1C(=O)C(Cl)N=C(C2=CCCCC2)c2ccccc21. The highest BCUT2D eigenvalue weighted by atomic mass is 35.5. The van der Waals surface area contributed by atoms with Gasteiger partial charge in [-0.05, 0) is 37.3 Å². The average Bonchev–Trinajstić information content (AvgIpc) is 2.60. The molecule has 1 aliphatic heterocycles. The normalized spacial score (nSPS) is 22.8. The Morgan fingerprint density at radius 1 is 1.30 bits per heavy atom. The van der Waals surface area contributed by atoms with E-state index in [0.29, 0.717) is 0 Å². The fourth-order valence-corrected chi connectivity index (χ4v) is 3.04. The van der Waals surface area contributed by atoms with Gasteiger partial charge >= 0.3 is 0 Å². The molecule has 0 fully saturated rings. The van der Waals surface area contributed by atoms with Crippen LogP contribution in [0.1, 0.15) is 31.2 Å². The van der Waals surface area contributed by atoms with Crippen molar-refractivity contribution >= 4 is 28.9 Å². The van der Waals surface area contributed by atoms with Crippen molar-refractivity contribution in [2.75, 3.05) is 11.9 Å². The van der Waals surface area contributed by atoms with Gasteiger partial charge in [-0.3, -0.25) is 9.79 Å². The van der Waals surface area contributed by atoms with E-state index in [1.165, 1.54) is 18.4 Å². The zero-order valence-corrected chi connectivity index (χ0v) is 12.2. The maximum Gasteiger partial charge on any atom is 0.266 e. The minimum atomic E-state index is -0.842. The van der Waals surface area contributed by atoms with Crippen LogP contribution in [-0.4, -0.2) is 24.2 Å². The molecule has 4 heteroatoms. The van der Waals surface area contributed by atoms with E-state index in [1.807, 2.05) is 24.3 Å². The summed E-state index contributed by atoms with van der Waals surface area (Å²) in [5.41, 5.74) is 3.14. The predicted molar refractivity (Wildman–Crippen MR) is 82.6 cm³/mol. The minimum Gasteiger partial charge on any atom is -0.312 e. The number of anilines is 1. The Morgan fingerprint density at radius 2 is 2.10 bits per heavy atom. The van der Waals surface area contributed by atoms with E-state index < -0.39 is 5.50 Å². The second-order valence-electron chi connectivity index (χ2n) is 5.20. The van der Waals surface area contributed by atoms with Crippen molar-refractivity contribution in [3.05, 3.63) is 41.5 Å². The van der Waals surface area contributed by atoms with Crippen LogP contribution in [0.5, 0.6) is 0 Å². The van der Waals surface area contributed by atoms with Crippen molar-refractivity contribution in [2.45, 2.75) is 31.2 Å². The number of nitrogens with zero attached hydrogens (tertiary/aromatic N) is 2. The summed E-state index contributed by atoms with van der Waals surface area (Å²) in [5.74, 6) is -0.175. The van der Waals surface area contributed by atoms with E-state index in [9.17, 15) is 4.79 Å². The Kier molecular flexibility index (Phi) is 3.62. The summed E-state index contributed by atoms with van der Waals surface area (Å²) >= 11 is 6.16. The zero-order valence-electron chi connectivity index (χ0n) is 11.5. The van der Waals surface area contributed by atoms with Crippen LogP contribution in [0.3, 0.4) is 0 Å². The van der Waals surface area contributed by atoms with Gasteiger partial charge < -0.3 is 4.90 Å². The Labute approximate surface area is 123 Å². The van der Waals surface area contributed by atoms with Crippen LogP contribution < -0.4 is 4.90 Å². The number of carbonyl (C=O) groups is 1. The number of rotatable bonds is 1. The number of para-hydroxylation sites is 1. The van der Waals surface area contributed by atoms with Gasteiger partial charge in [-0.2, -0.15) is 0 Å². The van der Waals surface area contributed by atoms with Crippen molar-refractivity contribution in [3.8, 4) is 0 Å². The molecular formula is C16H17ClN2O. The van der Waals surface area contributed by atoms with Gasteiger partial charge in [0.1, 0.15) is 0 Å². The zero-order chi connectivity index (χ0) is 14.1. The van der Waals surface area contributed by atoms with Crippen molar-refractivity contribution in [1.29, 1.82) is 0 Å². The van der Waals surface area contributed by atoms with Gasteiger partial charge in [0.15, 0.2) is 0 Å². The van der Waals surface area contributed by atoms with Crippen LogP contribution >= 0.6 is 11.6 Å². The Morgan fingerprint density at radius 3 is 2.85 bits per heavy atom. The van der Waals surface area contributed by atoms with E-state index in [-0.39, 0.29) is 5.91 Å². The number of amides is 1. The number of hydrogen-bond donors (Lipinski definition) is 0. The summed E-state index contributed by atoms with van der Waals surface area (Å²) in [6.45, 7) is 0. The first-order chi connectivity index (χ1) is 9.68. The lowest BCUT2D eigenvalue weighted by Gasteiger charge is -2.19. The van der Waals surface area contributed by atoms with Gasteiger partial charge in [-0.1, -0.05) is 35.9 Å². The molecule has 104 valence electrons. The second-order valence-corrected chi connectivity index (χ2v) is 5.62. The van der Waals surface area contributed by atoms with Crippen LogP contribution in [-0.2, 0) is 4.79 Å². The molecule has 0 aromatic heterocycles. The van der Waals surface area contributed by atoms with Crippen LogP contribution in [0.4, 0.5) is 5.69 Å². The van der Waals surface area contributed by atoms with Gasteiger partial charge in [-0.15, -0.1) is 0 Å². The largest absolute Gasteiger partial charge is 0.312 e. The van der Waals surface area contributed by atoms with Crippen molar-refractivity contribution < 1.29 is 4.79 Å². The molecule has 1 unspecified atom stereocenters. The smallest absolute Gasteiger partial charge is 0.266 e. The molecule has 0 spiro atoms. The van der Waals surface area contributed by atoms with E-state index in [0.717, 1.165) is 29.8 Å². The van der Waals surface area contributed by atoms with E-state index >= 15 is 0 Å². The van der Waals surface area contributed by atoms with Crippen molar-refractivity contribution in [1.82, 2.24) is 0 Å². The molecule has 1 aromatic carbocycles. The minimum absolute atomic E-state index is 0.175. The molecule has 1 aromatic rings. The summed E-state index contributed by atoms with van der Waals surface area (Å²) < 4.78 is 0. The molecule has 1 atom stereocenters.